The molecule has 0 N–H and O–H groups in total. The van der Waals surface area contributed by atoms with Gasteiger partial charge in [-0.05, 0) is 42.8 Å². The van der Waals surface area contributed by atoms with Gasteiger partial charge in [0.25, 0.3) is 0 Å². The molecule has 0 radical (unpaired) electrons. The molecule has 0 aliphatic carbocycles. The maximum atomic E-state index is 12.4. The van der Waals surface area contributed by atoms with Gasteiger partial charge in [-0.3, -0.25) is 39.1 Å². The molecule has 10 aromatic rings. The molecule has 10 rings (SSSR count). The molecule has 0 saturated carbocycles. The minimum absolute atomic E-state index is 0.00264. The topological polar surface area (TPSA) is 171 Å². The van der Waals surface area contributed by atoms with Crippen molar-refractivity contribution in [2.24, 2.45) is 7.05 Å². The average Bonchev–Trinajstić information content (AvgIpc) is 3.48. The first-order chi connectivity index (χ1) is 37.9. The van der Waals surface area contributed by atoms with Gasteiger partial charge in [0.2, 0.25) is 49.3 Å². The van der Waals surface area contributed by atoms with E-state index in [-0.39, 0.29) is 29.7 Å². The molecule has 0 fully saturated rings. The van der Waals surface area contributed by atoms with Crippen molar-refractivity contribution in [2.45, 2.75) is 47.0 Å². The molecule has 0 atom stereocenters. The Balaban J connectivity index is 0.000000160. The lowest BCUT2D eigenvalue weighted by atomic mass is 10.0. The summed E-state index contributed by atoms with van der Waals surface area (Å²) in [6.45, 7) is 7.32. The molecule has 5 heterocycles. The van der Waals surface area contributed by atoms with Gasteiger partial charge in [-0.25, -0.2) is 9.55 Å². The SMILES string of the molecule is COc1ccc(C(=O)C[n+]2ccncc2)cc1OC.Cc1c[n+](C)c(C)cn1.Cc1ccc(C(=O)C[n+]2ccncc2)cc1.O=C(C[n+]1ccncc1)c1cccc2ccccc12.O=C(C[n+]1ccncc1)c1ccccc1. The third kappa shape index (κ3) is 18.5. The molecule has 0 aliphatic heterocycles. The number of ketones is 4. The number of nitrogens with zero attached hydrogens (tertiary/aromatic N) is 10. The lowest BCUT2D eigenvalue weighted by Gasteiger charge is -2.08. The number of hydrogen-bond acceptors (Lipinski definition) is 11. The van der Waals surface area contributed by atoms with Crippen molar-refractivity contribution in [3.05, 3.63) is 266 Å². The lowest BCUT2D eigenvalue weighted by molar-refractivity contribution is -0.683. The molecule has 5 aromatic heterocycles. The summed E-state index contributed by atoms with van der Waals surface area (Å²) in [4.78, 5) is 68.0. The molecule has 392 valence electrons. The van der Waals surface area contributed by atoms with Gasteiger partial charge >= 0.3 is 0 Å². The summed E-state index contributed by atoms with van der Waals surface area (Å²) in [6, 6.07) is 35.8. The summed E-state index contributed by atoms with van der Waals surface area (Å²) in [7, 11) is 5.12. The van der Waals surface area contributed by atoms with Crippen molar-refractivity contribution in [3.63, 3.8) is 0 Å². The highest BCUT2D eigenvalue weighted by Crippen LogP contribution is 2.27. The number of ether oxygens (including phenoxy) is 2. The Labute approximate surface area is 454 Å². The van der Waals surface area contributed by atoms with E-state index in [2.05, 4.69) is 29.5 Å². The molecular weight excluding hydrogens is 981 g/mol. The number of carbonyl (C=O) groups excluding carboxylic acids is 4. The van der Waals surface area contributed by atoms with Crippen LogP contribution in [0.25, 0.3) is 10.8 Å². The molecule has 0 aliphatic rings. The van der Waals surface area contributed by atoms with Crippen molar-refractivity contribution in [1.82, 2.24) is 24.9 Å². The van der Waals surface area contributed by atoms with E-state index in [1.807, 2.05) is 151 Å². The molecule has 5 aromatic carbocycles. The monoisotopic (exact) mass is 1040 g/mol. The Bertz CT molecular complexity index is 3480. The largest absolute Gasteiger partial charge is 0.493 e. The zero-order valence-corrected chi connectivity index (χ0v) is 44.6. The maximum Gasteiger partial charge on any atom is 0.228 e. The van der Waals surface area contributed by atoms with Crippen LogP contribution >= 0.6 is 0 Å². The van der Waals surface area contributed by atoms with E-state index in [1.165, 1.54) is 5.69 Å². The van der Waals surface area contributed by atoms with Crippen LogP contribution in [0.4, 0.5) is 0 Å². The summed E-state index contributed by atoms with van der Waals surface area (Å²) in [5.74, 6) is 1.47. The van der Waals surface area contributed by atoms with Crippen LogP contribution in [-0.4, -0.2) is 62.3 Å². The molecule has 0 saturated heterocycles. The molecular formula is C62H63N10O6+5. The second-order valence-corrected chi connectivity index (χ2v) is 17.5. The number of Topliss-reactive ketones (excluding diaryl/α,β-unsaturated/α-hetero) is 4. The lowest BCUT2D eigenvalue weighted by Crippen LogP contribution is -2.37. The summed E-state index contributed by atoms with van der Waals surface area (Å²) < 4.78 is 19.6. The highest BCUT2D eigenvalue weighted by atomic mass is 16.5. The molecule has 16 heteroatoms. The van der Waals surface area contributed by atoms with E-state index in [0.29, 0.717) is 36.7 Å². The predicted octanol–water partition coefficient (Wildman–Crippen LogP) is 7.01. The number of fused-ring (bicyclic) bond motifs is 1. The van der Waals surface area contributed by atoms with Crippen LogP contribution in [0.2, 0.25) is 0 Å². The molecule has 0 spiro atoms. The van der Waals surface area contributed by atoms with E-state index >= 15 is 0 Å². The number of aromatic nitrogens is 10. The highest BCUT2D eigenvalue weighted by molar-refractivity contribution is 6.07. The Kier molecular flexibility index (Phi) is 22.4. The zero-order valence-electron chi connectivity index (χ0n) is 44.6. The van der Waals surface area contributed by atoms with Crippen LogP contribution in [0.1, 0.15) is 58.4 Å². The predicted molar refractivity (Wildman–Crippen MR) is 291 cm³/mol. The number of hydrogen-bond donors (Lipinski definition) is 0. The van der Waals surface area contributed by atoms with Gasteiger partial charge in [0.15, 0.2) is 73.0 Å². The van der Waals surface area contributed by atoms with Crippen LogP contribution in [0.3, 0.4) is 0 Å². The van der Waals surface area contributed by atoms with Crippen LogP contribution in [0, 0.1) is 20.8 Å². The third-order valence-electron chi connectivity index (χ3n) is 11.7. The van der Waals surface area contributed by atoms with Crippen LogP contribution in [0.15, 0.2) is 227 Å². The highest BCUT2D eigenvalue weighted by Gasteiger charge is 2.17. The first-order valence-corrected chi connectivity index (χ1v) is 24.8. The third-order valence-corrected chi connectivity index (χ3v) is 11.7. The summed E-state index contributed by atoms with van der Waals surface area (Å²) in [5, 5.41) is 2.10. The fraction of sp³-hybridized carbons (Fsp3) is 0.161. The van der Waals surface area contributed by atoms with Gasteiger partial charge < -0.3 is 9.47 Å². The first-order valence-electron chi connectivity index (χ1n) is 24.8. The minimum Gasteiger partial charge on any atom is -0.493 e. The fourth-order valence-corrected chi connectivity index (χ4v) is 7.38. The number of aryl methyl sites for hydroxylation is 4. The van der Waals surface area contributed by atoms with E-state index in [0.717, 1.165) is 38.7 Å². The van der Waals surface area contributed by atoms with Crippen molar-refractivity contribution in [1.29, 1.82) is 0 Å². The quantitative estimate of drug-likeness (QED) is 0.0811. The van der Waals surface area contributed by atoms with E-state index < -0.39 is 0 Å². The van der Waals surface area contributed by atoms with Crippen LogP contribution < -0.4 is 32.3 Å². The van der Waals surface area contributed by atoms with Gasteiger partial charge in [-0.15, -0.1) is 0 Å². The van der Waals surface area contributed by atoms with Gasteiger partial charge in [-0.1, -0.05) is 103 Å². The van der Waals surface area contributed by atoms with Gasteiger partial charge in [0.1, 0.15) is 12.7 Å². The smallest absolute Gasteiger partial charge is 0.228 e. The summed E-state index contributed by atoms with van der Waals surface area (Å²) in [6.07, 6.45) is 31.4. The maximum absolute atomic E-state index is 12.4. The van der Waals surface area contributed by atoms with Gasteiger partial charge in [0.05, 0.1) is 70.0 Å². The number of methoxy groups -OCH3 is 2. The van der Waals surface area contributed by atoms with Crippen LogP contribution in [-0.2, 0) is 33.2 Å². The van der Waals surface area contributed by atoms with Crippen molar-refractivity contribution >= 4 is 33.9 Å². The van der Waals surface area contributed by atoms with Crippen molar-refractivity contribution < 1.29 is 51.5 Å². The zero-order chi connectivity index (χ0) is 55.5. The molecule has 0 unspecified atom stereocenters. The Morgan fingerprint density at radius 3 is 1.35 bits per heavy atom. The minimum atomic E-state index is -0.00264. The summed E-state index contributed by atoms with van der Waals surface area (Å²) >= 11 is 0. The second-order valence-electron chi connectivity index (χ2n) is 17.5. The fourth-order valence-electron chi connectivity index (χ4n) is 7.38. The van der Waals surface area contributed by atoms with Gasteiger partial charge in [-0.2, -0.15) is 18.3 Å². The van der Waals surface area contributed by atoms with Crippen molar-refractivity contribution in [2.75, 3.05) is 14.2 Å². The summed E-state index contributed by atoms with van der Waals surface area (Å²) in [5.41, 5.74) is 6.23. The van der Waals surface area contributed by atoms with E-state index in [4.69, 9.17) is 9.47 Å². The number of rotatable bonds is 14. The van der Waals surface area contributed by atoms with Crippen LogP contribution in [0.5, 0.6) is 11.5 Å². The molecule has 78 heavy (non-hydrogen) atoms. The Hall–Kier alpha value is -9.96. The second kappa shape index (κ2) is 30.4. The Morgan fingerprint density at radius 1 is 0.449 bits per heavy atom. The molecule has 0 bridgehead atoms. The normalized spacial score (nSPS) is 10.1. The van der Waals surface area contributed by atoms with Gasteiger partial charge in [0, 0.05) is 29.2 Å². The van der Waals surface area contributed by atoms with E-state index in [1.54, 1.807) is 136 Å². The average molecular weight is 1040 g/mol. The molecule has 0 amide bonds. The number of carbonyl (C=O) groups is 4. The molecule has 16 nitrogen and oxygen atoms in total. The standard InChI is InChI=1S/C16H13N2O.C14H15N2O3.C13H13N2O.C12H11N2O.C7H11N2/c19-16(12-18-10-8-17-9-11-18)15-7-3-5-13-4-1-2-6-14(13)15;1-18-13-4-3-11(9-14(13)19-2)12(17)10-16-7-5-15-6-8-16;1-11-2-4-12(5-3-11)13(16)10-15-8-6-14-7-9-15;15-12(11-4-2-1-3-5-11)10-14-8-6-13-7-9-14;1-6-5-9(3)7(2)4-8-6/h1-11H,12H2;3-9H,10H2,1-2H3;2-9H,10H2,1H3;1-9H,10H2;4-5H,1-3H3/q5*+1. The number of benzene rings is 5. The first kappa shape index (κ1) is 57.3. The Morgan fingerprint density at radius 2 is 0.872 bits per heavy atom. The van der Waals surface area contributed by atoms with E-state index in [9.17, 15) is 19.2 Å². The van der Waals surface area contributed by atoms with Crippen molar-refractivity contribution in [3.8, 4) is 11.5 Å².